The molecular formula is C14H20N2O3. The summed E-state index contributed by atoms with van der Waals surface area (Å²) in [5.74, 6) is -0.498. The van der Waals surface area contributed by atoms with Crippen LogP contribution in [0.2, 0.25) is 0 Å². The summed E-state index contributed by atoms with van der Waals surface area (Å²) in [6, 6.07) is 1.71. The van der Waals surface area contributed by atoms with E-state index in [2.05, 4.69) is 6.07 Å². The lowest BCUT2D eigenvalue weighted by Crippen LogP contribution is -2.47. The molecule has 2 fully saturated rings. The van der Waals surface area contributed by atoms with Crippen molar-refractivity contribution in [2.75, 3.05) is 13.2 Å². The number of nitrogens with zero attached hydrogens (tertiary/aromatic N) is 2. The van der Waals surface area contributed by atoms with Gasteiger partial charge in [-0.25, -0.2) is 4.79 Å². The minimum atomic E-state index is -0.894. The van der Waals surface area contributed by atoms with E-state index >= 15 is 0 Å². The van der Waals surface area contributed by atoms with E-state index < -0.39 is 11.5 Å². The van der Waals surface area contributed by atoms with Crippen molar-refractivity contribution in [1.29, 1.82) is 5.26 Å². The van der Waals surface area contributed by atoms with Crippen molar-refractivity contribution in [3.63, 3.8) is 0 Å². The van der Waals surface area contributed by atoms with Crippen LogP contribution in [0, 0.1) is 16.7 Å². The summed E-state index contributed by atoms with van der Waals surface area (Å²) in [6.07, 6.45) is 4.51. The molecule has 1 unspecified atom stereocenters. The largest absolute Gasteiger partial charge is 0.464 e. The molecule has 0 aromatic carbocycles. The zero-order chi connectivity index (χ0) is 13.9. The Kier molecular flexibility index (Phi) is 4.08. The van der Waals surface area contributed by atoms with Crippen molar-refractivity contribution in [3.8, 4) is 6.07 Å². The first-order valence-corrected chi connectivity index (χ1v) is 7.03. The van der Waals surface area contributed by atoms with E-state index in [1.54, 1.807) is 11.8 Å². The highest BCUT2D eigenvalue weighted by molar-refractivity contribution is 5.90. The smallest absolute Gasteiger partial charge is 0.328 e. The number of ether oxygens (including phenoxy) is 1. The minimum absolute atomic E-state index is 0.164. The topological polar surface area (TPSA) is 70.4 Å². The van der Waals surface area contributed by atoms with E-state index in [9.17, 15) is 14.9 Å². The molecule has 0 radical (unpaired) electrons. The number of esters is 1. The van der Waals surface area contributed by atoms with Crippen molar-refractivity contribution in [1.82, 2.24) is 4.90 Å². The number of carbonyl (C=O) groups is 2. The van der Waals surface area contributed by atoms with Gasteiger partial charge in [-0.2, -0.15) is 5.26 Å². The lowest BCUT2D eigenvalue weighted by molar-refractivity contribution is -0.155. The first kappa shape index (κ1) is 13.9. The quantitative estimate of drug-likeness (QED) is 0.726. The Bertz CT molecular complexity index is 407. The Balaban J connectivity index is 2.14. The van der Waals surface area contributed by atoms with Crippen LogP contribution in [-0.2, 0) is 14.3 Å². The fraction of sp³-hybridized carbons (Fsp3) is 0.786. The van der Waals surface area contributed by atoms with Gasteiger partial charge in [-0.1, -0.05) is 12.8 Å². The first-order chi connectivity index (χ1) is 9.14. The first-order valence-electron chi connectivity index (χ1n) is 7.03. The molecule has 1 amide bonds. The maximum atomic E-state index is 12.6. The third-order valence-corrected chi connectivity index (χ3v) is 4.15. The van der Waals surface area contributed by atoms with Crippen LogP contribution in [0.1, 0.15) is 45.4 Å². The van der Waals surface area contributed by atoms with Crippen LogP contribution in [0.4, 0.5) is 0 Å². The van der Waals surface area contributed by atoms with Gasteiger partial charge in [0.05, 0.1) is 12.7 Å². The summed E-state index contributed by atoms with van der Waals surface area (Å²) in [5.41, 5.74) is -0.894. The van der Waals surface area contributed by atoms with E-state index in [0.29, 0.717) is 32.4 Å². The molecule has 0 bridgehead atoms. The number of rotatable bonds is 3. The average Bonchev–Trinajstić information content (AvgIpc) is 3.08. The van der Waals surface area contributed by atoms with Crippen LogP contribution >= 0.6 is 0 Å². The number of hydrogen-bond acceptors (Lipinski definition) is 4. The van der Waals surface area contributed by atoms with E-state index in [-0.39, 0.29) is 11.9 Å². The zero-order valence-corrected chi connectivity index (χ0v) is 11.4. The molecule has 2 rings (SSSR count). The summed E-state index contributed by atoms with van der Waals surface area (Å²) in [5, 5.41) is 9.36. The number of nitriles is 1. The van der Waals surface area contributed by atoms with Gasteiger partial charge in [0, 0.05) is 6.54 Å². The lowest BCUT2D eigenvalue weighted by atomic mass is 9.86. The normalized spacial score (nSPS) is 25.1. The van der Waals surface area contributed by atoms with E-state index in [1.807, 2.05) is 0 Å². The molecule has 104 valence electrons. The summed E-state index contributed by atoms with van der Waals surface area (Å²) in [7, 11) is 0. The number of hydrogen-bond donors (Lipinski definition) is 0. The van der Waals surface area contributed by atoms with Crippen molar-refractivity contribution in [2.24, 2.45) is 5.41 Å². The van der Waals surface area contributed by atoms with Gasteiger partial charge in [0.15, 0.2) is 0 Å². The summed E-state index contributed by atoms with van der Waals surface area (Å²) >= 11 is 0. The third-order valence-electron chi connectivity index (χ3n) is 4.15. The van der Waals surface area contributed by atoms with Gasteiger partial charge in [-0.3, -0.25) is 4.79 Å². The van der Waals surface area contributed by atoms with Crippen LogP contribution < -0.4 is 0 Å². The van der Waals surface area contributed by atoms with Gasteiger partial charge in [0.25, 0.3) is 0 Å². The Morgan fingerprint density at radius 1 is 1.37 bits per heavy atom. The third kappa shape index (κ3) is 2.44. The highest BCUT2D eigenvalue weighted by atomic mass is 16.5. The molecule has 5 heteroatoms. The van der Waals surface area contributed by atoms with E-state index in [4.69, 9.17) is 4.74 Å². The minimum Gasteiger partial charge on any atom is -0.464 e. The number of carbonyl (C=O) groups excluding carboxylic acids is 2. The molecule has 1 aliphatic carbocycles. The molecule has 1 heterocycles. The molecule has 0 N–H and O–H groups in total. The van der Waals surface area contributed by atoms with Gasteiger partial charge in [-0.05, 0) is 32.6 Å². The monoisotopic (exact) mass is 264 g/mol. The van der Waals surface area contributed by atoms with E-state index in [0.717, 1.165) is 19.3 Å². The molecule has 0 aromatic heterocycles. The van der Waals surface area contributed by atoms with E-state index in [1.165, 1.54) is 0 Å². The standard InChI is InChI=1S/C14H20N2O3/c1-2-19-12(17)11-6-5-9-16(11)13(18)14(10-15)7-3-4-8-14/h11H,2-9H2,1H3. The Morgan fingerprint density at radius 2 is 2.05 bits per heavy atom. The predicted molar refractivity (Wildman–Crippen MR) is 67.9 cm³/mol. The lowest BCUT2D eigenvalue weighted by Gasteiger charge is -2.30. The summed E-state index contributed by atoms with van der Waals surface area (Å²) in [6.45, 7) is 2.64. The van der Waals surface area contributed by atoms with Crippen LogP contribution in [0.3, 0.4) is 0 Å². The van der Waals surface area contributed by atoms with Crippen molar-refractivity contribution >= 4 is 11.9 Å². The molecule has 0 spiro atoms. The molecule has 0 aromatic rings. The second kappa shape index (κ2) is 5.60. The van der Waals surface area contributed by atoms with Crippen LogP contribution in [0.25, 0.3) is 0 Å². The van der Waals surface area contributed by atoms with Gasteiger partial charge in [0.2, 0.25) is 5.91 Å². The zero-order valence-electron chi connectivity index (χ0n) is 11.4. The molecule has 1 saturated heterocycles. The van der Waals surface area contributed by atoms with Crippen LogP contribution in [0.5, 0.6) is 0 Å². The molecule has 5 nitrogen and oxygen atoms in total. The Hall–Kier alpha value is -1.57. The summed E-state index contributed by atoms with van der Waals surface area (Å²) < 4.78 is 5.02. The van der Waals surface area contributed by atoms with Crippen molar-refractivity contribution in [2.45, 2.75) is 51.5 Å². The fourth-order valence-electron chi connectivity index (χ4n) is 3.12. The van der Waals surface area contributed by atoms with Crippen LogP contribution in [-0.4, -0.2) is 36.0 Å². The average molecular weight is 264 g/mol. The molecule has 1 saturated carbocycles. The van der Waals surface area contributed by atoms with Crippen molar-refractivity contribution < 1.29 is 14.3 Å². The van der Waals surface area contributed by atoms with Gasteiger partial charge in [-0.15, -0.1) is 0 Å². The molecule has 2 aliphatic rings. The van der Waals surface area contributed by atoms with Gasteiger partial charge < -0.3 is 9.64 Å². The van der Waals surface area contributed by atoms with Crippen molar-refractivity contribution in [3.05, 3.63) is 0 Å². The molecular weight excluding hydrogens is 244 g/mol. The molecule has 19 heavy (non-hydrogen) atoms. The second-order valence-electron chi connectivity index (χ2n) is 5.31. The molecule has 1 aliphatic heterocycles. The van der Waals surface area contributed by atoms with Crippen LogP contribution in [0.15, 0.2) is 0 Å². The number of likely N-dealkylation sites (tertiary alicyclic amines) is 1. The fourth-order valence-corrected chi connectivity index (χ4v) is 3.12. The SMILES string of the molecule is CCOC(=O)C1CCCN1C(=O)C1(C#N)CCCC1. The Labute approximate surface area is 113 Å². The van der Waals surface area contributed by atoms with Gasteiger partial charge >= 0.3 is 5.97 Å². The molecule has 1 atom stereocenters. The highest BCUT2D eigenvalue weighted by Crippen LogP contribution is 2.40. The maximum absolute atomic E-state index is 12.6. The maximum Gasteiger partial charge on any atom is 0.328 e. The number of amides is 1. The second-order valence-corrected chi connectivity index (χ2v) is 5.31. The predicted octanol–water partition coefficient (Wildman–Crippen LogP) is 1.62. The summed E-state index contributed by atoms with van der Waals surface area (Å²) in [4.78, 5) is 26.1. The van der Waals surface area contributed by atoms with Gasteiger partial charge in [0.1, 0.15) is 11.5 Å². The highest BCUT2D eigenvalue weighted by Gasteiger charge is 2.48. The Morgan fingerprint density at radius 3 is 2.63 bits per heavy atom.